The molecule has 1 heterocycles. The summed E-state index contributed by atoms with van der Waals surface area (Å²) in [6, 6.07) is 4.46. The van der Waals surface area contributed by atoms with Crippen LogP contribution in [-0.2, 0) is 14.3 Å². The minimum Gasteiger partial charge on any atom is -0.464 e. The first-order valence-electron chi connectivity index (χ1n) is 5.74. The molecule has 5 heteroatoms. The van der Waals surface area contributed by atoms with Crippen molar-refractivity contribution < 1.29 is 14.3 Å². The second-order valence-corrected chi connectivity index (χ2v) is 4.53. The number of esters is 1. The molecular weight excluding hydrogens is 238 g/mol. The number of carbonyl (C=O) groups excluding carboxylic acids is 1. The first-order chi connectivity index (χ1) is 8.24. The lowest BCUT2D eigenvalue weighted by molar-refractivity contribution is -0.148. The third-order valence-corrected chi connectivity index (χ3v) is 3.25. The molecule has 0 aliphatic rings. The molecule has 0 bridgehead atoms. The van der Waals surface area contributed by atoms with Gasteiger partial charge in [0.25, 0.3) is 0 Å². The molecule has 0 aliphatic carbocycles. The number of thiophene rings is 1. The van der Waals surface area contributed by atoms with Gasteiger partial charge in [-0.05, 0) is 25.3 Å². The lowest BCUT2D eigenvalue weighted by Gasteiger charge is -2.11. The first kappa shape index (κ1) is 14.2. The van der Waals surface area contributed by atoms with Crippen molar-refractivity contribution in [2.45, 2.75) is 19.9 Å². The Morgan fingerprint density at radius 2 is 2.41 bits per heavy atom. The molecule has 1 rings (SSSR count). The van der Waals surface area contributed by atoms with Crippen LogP contribution in [0.1, 0.15) is 24.8 Å². The fraction of sp³-hybridized carbons (Fsp3) is 0.583. The van der Waals surface area contributed by atoms with Crippen LogP contribution in [0.15, 0.2) is 17.5 Å². The molecule has 96 valence electrons. The quantitative estimate of drug-likeness (QED) is 0.571. The third-order valence-electron chi connectivity index (χ3n) is 2.19. The topological polar surface area (TPSA) is 47.6 Å². The van der Waals surface area contributed by atoms with Crippen LogP contribution in [0.2, 0.25) is 0 Å². The van der Waals surface area contributed by atoms with Crippen molar-refractivity contribution in [1.82, 2.24) is 5.32 Å². The summed E-state index contributed by atoms with van der Waals surface area (Å²) in [6.07, 6.45) is 0. The zero-order chi connectivity index (χ0) is 12.5. The van der Waals surface area contributed by atoms with E-state index in [1.165, 1.54) is 4.88 Å². The van der Waals surface area contributed by atoms with Gasteiger partial charge in [-0.15, -0.1) is 11.3 Å². The van der Waals surface area contributed by atoms with E-state index in [4.69, 9.17) is 9.47 Å². The molecule has 0 aliphatic heterocycles. The van der Waals surface area contributed by atoms with Crippen LogP contribution < -0.4 is 5.32 Å². The summed E-state index contributed by atoms with van der Waals surface area (Å²) in [4.78, 5) is 12.3. The van der Waals surface area contributed by atoms with E-state index >= 15 is 0 Å². The molecule has 0 saturated carbocycles. The smallest absolute Gasteiger partial charge is 0.332 e. The number of hydrogen-bond donors (Lipinski definition) is 1. The SMILES string of the molecule is CCOC(=O)COCCN[C@H](C)c1cccs1. The second kappa shape index (κ2) is 8.22. The predicted molar refractivity (Wildman–Crippen MR) is 68.2 cm³/mol. The monoisotopic (exact) mass is 257 g/mol. The highest BCUT2D eigenvalue weighted by Gasteiger charge is 2.05. The number of rotatable bonds is 8. The van der Waals surface area contributed by atoms with E-state index in [0.717, 1.165) is 6.54 Å². The Hall–Kier alpha value is -0.910. The van der Waals surface area contributed by atoms with Gasteiger partial charge in [0.1, 0.15) is 6.61 Å². The molecule has 0 fully saturated rings. The van der Waals surface area contributed by atoms with Gasteiger partial charge in [0, 0.05) is 17.5 Å². The summed E-state index contributed by atoms with van der Waals surface area (Å²) in [5.41, 5.74) is 0. The van der Waals surface area contributed by atoms with Crippen molar-refractivity contribution in [3.8, 4) is 0 Å². The summed E-state index contributed by atoms with van der Waals surface area (Å²) in [5.74, 6) is -0.307. The molecular formula is C12H19NO3S. The van der Waals surface area contributed by atoms with Crippen LogP contribution >= 0.6 is 11.3 Å². The molecule has 0 saturated heterocycles. The Kier molecular flexibility index (Phi) is 6.84. The van der Waals surface area contributed by atoms with E-state index in [0.29, 0.717) is 19.3 Å². The minimum absolute atomic E-state index is 0.0307. The van der Waals surface area contributed by atoms with Gasteiger partial charge in [-0.3, -0.25) is 0 Å². The van der Waals surface area contributed by atoms with E-state index < -0.39 is 0 Å². The summed E-state index contributed by atoms with van der Waals surface area (Å²) >= 11 is 1.73. The number of hydrogen-bond acceptors (Lipinski definition) is 5. The van der Waals surface area contributed by atoms with Crippen LogP contribution in [0.25, 0.3) is 0 Å². The predicted octanol–water partition coefficient (Wildman–Crippen LogP) is 1.98. The van der Waals surface area contributed by atoms with Crippen LogP contribution in [0, 0.1) is 0 Å². The van der Waals surface area contributed by atoms with Gasteiger partial charge < -0.3 is 14.8 Å². The van der Waals surface area contributed by atoms with Gasteiger partial charge >= 0.3 is 5.97 Å². The van der Waals surface area contributed by atoms with Crippen LogP contribution in [0.3, 0.4) is 0 Å². The van der Waals surface area contributed by atoms with Crippen LogP contribution in [0.5, 0.6) is 0 Å². The first-order valence-corrected chi connectivity index (χ1v) is 6.62. The van der Waals surface area contributed by atoms with Crippen molar-refractivity contribution in [3.05, 3.63) is 22.4 Å². The Balaban J connectivity index is 2.03. The summed E-state index contributed by atoms with van der Waals surface area (Å²) in [5, 5.41) is 5.38. The highest BCUT2D eigenvalue weighted by molar-refractivity contribution is 7.10. The van der Waals surface area contributed by atoms with E-state index in [-0.39, 0.29) is 12.6 Å². The zero-order valence-corrected chi connectivity index (χ0v) is 11.1. The minimum atomic E-state index is -0.307. The molecule has 1 N–H and O–H groups in total. The highest BCUT2D eigenvalue weighted by atomic mass is 32.1. The second-order valence-electron chi connectivity index (χ2n) is 3.55. The largest absolute Gasteiger partial charge is 0.464 e. The Labute approximate surface area is 106 Å². The Morgan fingerprint density at radius 3 is 3.06 bits per heavy atom. The number of carbonyl (C=O) groups is 1. The van der Waals surface area contributed by atoms with E-state index in [1.54, 1.807) is 18.3 Å². The van der Waals surface area contributed by atoms with Gasteiger partial charge in [0.2, 0.25) is 0 Å². The van der Waals surface area contributed by atoms with Crippen LogP contribution in [-0.4, -0.2) is 32.3 Å². The molecule has 17 heavy (non-hydrogen) atoms. The fourth-order valence-corrected chi connectivity index (χ4v) is 2.10. The highest BCUT2D eigenvalue weighted by Crippen LogP contribution is 2.17. The van der Waals surface area contributed by atoms with Crippen molar-refractivity contribution in [2.75, 3.05) is 26.4 Å². The van der Waals surface area contributed by atoms with Crippen molar-refractivity contribution in [3.63, 3.8) is 0 Å². The summed E-state index contributed by atoms with van der Waals surface area (Å²) < 4.78 is 9.93. The maximum atomic E-state index is 11.0. The van der Waals surface area contributed by atoms with Crippen molar-refractivity contribution in [1.29, 1.82) is 0 Å². The van der Waals surface area contributed by atoms with Gasteiger partial charge in [0.05, 0.1) is 13.2 Å². The number of nitrogens with one attached hydrogen (secondary N) is 1. The molecule has 4 nitrogen and oxygen atoms in total. The van der Waals surface area contributed by atoms with E-state index in [1.807, 2.05) is 6.07 Å². The van der Waals surface area contributed by atoms with Gasteiger partial charge in [-0.1, -0.05) is 6.07 Å². The number of ether oxygens (including phenoxy) is 2. The van der Waals surface area contributed by atoms with Gasteiger partial charge in [0.15, 0.2) is 0 Å². The van der Waals surface area contributed by atoms with Crippen molar-refractivity contribution >= 4 is 17.3 Å². The molecule has 1 aromatic rings. The molecule has 0 spiro atoms. The maximum Gasteiger partial charge on any atom is 0.332 e. The fourth-order valence-electron chi connectivity index (χ4n) is 1.34. The summed E-state index contributed by atoms with van der Waals surface area (Å²) in [6.45, 7) is 5.55. The Bertz CT molecular complexity index is 314. The molecule has 0 unspecified atom stereocenters. The zero-order valence-electron chi connectivity index (χ0n) is 10.3. The van der Waals surface area contributed by atoms with E-state index in [9.17, 15) is 4.79 Å². The normalized spacial score (nSPS) is 12.4. The molecule has 0 amide bonds. The van der Waals surface area contributed by atoms with Crippen LogP contribution in [0.4, 0.5) is 0 Å². The van der Waals surface area contributed by atoms with E-state index in [2.05, 4.69) is 23.7 Å². The average molecular weight is 257 g/mol. The maximum absolute atomic E-state index is 11.0. The molecule has 0 radical (unpaired) electrons. The summed E-state index contributed by atoms with van der Waals surface area (Å²) in [7, 11) is 0. The molecule has 1 atom stereocenters. The third kappa shape index (κ3) is 5.81. The lowest BCUT2D eigenvalue weighted by atomic mass is 10.3. The van der Waals surface area contributed by atoms with Gasteiger partial charge in [-0.2, -0.15) is 0 Å². The lowest BCUT2D eigenvalue weighted by Crippen LogP contribution is -2.24. The Morgan fingerprint density at radius 1 is 1.59 bits per heavy atom. The van der Waals surface area contributed by atoms with Gasteiger partial charge in [-0.25, -0.2) is 4.79 Å². The standard InChI is InChI=1S/C12H19NO3S/c1-3-16-12(14)9-15-7-6-13-10(2)11-5-4-8-17-11/h4-5,8,10,13H,3,6-7,9H2,1-2H3/t10-/m1/s1. The average Bonchev–Trinajstić information content (AvgIpc) is 2.82. The molecule has 1 aromatic heterocycles. The van der Waals surface area contributed by atoms with Crippen molar-refractivity contribution in [2.24, 2.45) is 0 Å². The molecule has 0 aromatic carbocycles.